The monoisotopic (exact) mass is 378 g/mol. The number of benzene rings is 1. The first-order chi connectivity index (χ1) is 13.4. The first kappa shape index (κ1) is 18.6. The number of ketones is 1. The number of rotatable bonds is 1. The molecule has 1 aromatic carbocycles. The summed E-state index contributed by atoms with van der Waals surface area (Å²) in [4.78, 5) is 13.4. The van der Waals surface area contributed by atoms with Gasteiger partial charge in [-0.3, -0.25) is 4.79 Å². The Balaban J connectivity index is 1.45. The van der Waals surface area contributed by atoms with Gasteiger partial charge in [0, 0.05) is 5.41 Å². The molecule has 0 aliphatic heterocycles. The zero-order chi connectivity index (χ0) is 19.5. The minimum Gasteiger partial charge on any atom is -0.393 e. The normalized spacial score (nSPS) is 46.8. The Bertz CT molecular complexity index is 796. The highest BCUT2D eigenvalue weighted by molar-refractivity contribution is 6.05. The number of fused-ring (bicyclic) bond motifs is 5. The van der Waals surface area contributed by atoms with Crippen molar-refractivity contribution < 1.29 is 9.90 Å². The molecule has 5 rings (SSSR count). The SMILES string of the molecule is C[C@]12CC[C@@H](O)C[C@@H]1CC[C@H]1[C@H]2CC[C@]2(C)C(=O)/C(=C/c3ccccc3)C[C@H]12. The number of carbonyl (C=O) groups is 1. The van der Waals surface area contributed by atoms with Crippen molar-refractivity contribution >= 4 is 11.9 Å². The van der Waals surface area contributed by atoms with Crippen LogP contribution in [0.1, 0.15) is 70.8 Å². The first-order valence-electron chi connectivity index (χ1n) is 11.4. The van der Waals surface area contributed by atoms with Gasteiger partial charge in [-0.05, 0) is 97.7 Å². The number of aliphatic hydroxyl groups is 1. The minimum atomic E-state index is -0.154. The Labute approximate surface area is 169 Å². The number of allylic oxidation sites excluding steroid dienone is 1. The summed E-state index contributed by atoms with van der Waals surface area (Å²) < 4.78 is 0. The van der Waals surface area contributed by atoms with Gasteiger partial charge < -0.3 is 5.11 Å². The van der Waals surface area contributed by atoms with E-state index in [0.717, 1.165) is 42.7 Å². The van der Waals surface area contributed by atoms with Crippen LogP contribution in [-0.4, -0.2) is 17.0 Å². The molecule has 0 amide bonds. The lowest BCUT2D eigenvalue weighted by atomic mass is 9.45. The van der Waals surface area contributed by atoms with Crippen molar-refractivity contribution in [1.82, 2.24) is 0 Å². The fourth-order valence-electron chi connectivity index (χ4n) is 7.79. The van der Waals surface area contributed by atoms with Crippen LogP contribution in [0.5, 0.6) is 0 Å². The number of Topliss-reactive ketones (excluding diaryl/α,β-unsaturated/α-hetero) is 1. The van der Waals surface area contributed by atoms with Crippen molar-refractivity contribution in [2.45, 2.75) is 71.3 Å². The van der Waals surface area contributed by atoms with E-state index in [1.165, 1.54) is 25.7 Å². The number of carbonyl (C=O) groups excluding carboxylic acids is 1. The number of hydrogen-bond acceptors (Lipinski definition) is 2. The molecule has 4 fully saturated rings. The Hall–Kier alpha value is -1.41. The molecule has 0 unspecified atom stereocenters. The van der Waals surface area contributed by atoms with Crippen molar-refractivity contribution in [3.8, 4) is 0 Å². The maximum Gasteiger partial charge on any atom is 0.165 e. The van der Waals surface area contributed by atoms with E-state index in [0.29, 0.717) is 29.0 Å². The molecule has 0 heterocycles. The van der Waals surface area contributed by atoms with Gasteiger partial charge in [0.25, 0.3) is 0 Å². The summed E-state index contributed by atoms with van der Waals surface area (Å²) in [5.74, 6) is 3.03. The summed E-state index contributed by atoms with van der Waals surface area (Å²) in [5.41, 5.74) is 2.43. The van der Waals surface area contributed by atoms with E-state index in [1.807, 2.05) is 6.07 Å². The number of aliphatic hydroxyl groups excluding tert-OH is 1. The molecule has 2 nitrogen and oxygen atoms in total. The molecular weight excluding hydrogens is 344 g/mol. The van der Waals surface area contributed by atoms with Gasteiger partial charge in [0.05, 0.1) is 6.10 Å². The highest BCUT2D eigenvalue weighted by Crippen LogP contribution is 2.66. The van der Waals surface area contributed by atoms with Crippen LogP contribution in [0, 0.1) is 34.5 Å². The molecule has 2 heteroatoms. The molecule has 28 heavy (non-hydrogen) atoms. The van der Waals surface area contributed by atoms with Crippen molar-refractivity contribution in [1.29, 1.82) is 0 Å². The van der Waals surface area contributed by atoms with Gasteiger partial charge in [0.15, 0.2) is 5.78 Å². The average molecular weight is 379 g/mol. The molecule has 1 aromatic rings. The Morgan fingerprint density at radius 2 is 1.79 bits per heavy atom. The summed E-state index contributed by atoms with van der Waals surface area (Å²) in [6.45, 7) is 4.78. The summed E-state index contributed by atoms with van der Waals surface area (Å²) in [7, 11) is 0. The first-order valence-corrected chi connectivity index (χ1v) is 11.4. The lowest BCUT2D eigenvalue weighted by Crippen LogP contribution is -2.54. The van der Waals surface area contributed by atoms with Crippen LogP contribution in [0.15, 0.2) is 35.9 Å². The van der Waals surface area contributed by atoms with Crippen LogP contribution in [0.25, 0.3) is 6.08 Å². The molecule has 0 aromatic heterocycles. The van der Waals surface area contributed by atoms with Gasteiger partial charge in [-0.1, -0.05) is 44.2 Å². The van der Waals surface area contributed by atoms with Gasteiger partial charge in [-0.15, -0.1) is 0 Å². The van der Waals surface area contributed by atoms with E-state index in [9.17, 15) is 9.90 Å². The van der Waals surface area contributed by atoms with E-state index in [4.69, 9.17) is 0 Å². The summed E-state index contributed by atoms with van der Waals surface area (Å²) in [6, 6.07) is 10.3. The third kappa shape index (κ3) is 2.67. The minimum absolute atomic E-state index is 0.0862. The fourth-order valence-corrected chi connectivity index (χ4v) is 7.79. The predicted molar refractivity (Wildman–Crippen MR) is 113 cm³/mol. The van der Waals surface area contributed by atoms with Crippen LogP contribution in [-0.2, 0) is 4.79 Å². The summed E-state index contributed by atoms with van der Waals surface area (Å²) >= 11 is 0. The quantitative estimate of drug-likeness (QED) is 0.641. The van der Waals surface area contributed by atoms with Crippen LogP contribution in [0.2, 0.25) is 0 Å². The van der Waals surface area contributed by atoms with Crippen LogP contribution in [0.3, 0.4) is 0 Å². The number of hydrogen-bond donors (Lipinski definition) is 1. The highest BCUT2D eigenvalue weighted by Gasteiger charge is 2.61. The van der Waals surface area contributed by atoms with Crippen molar-refractivity contribution in [2.75, 3.05) is 0 Å². The smallest absolute Gasteiger partial charge is 0.165 e. The lowest BCUT2D eigenvalue weighted by molar-refractivity contribution is -0.141. The lowest BCUT2D eigenvalue weighted by Gasteiger charge is -2.59. The molecular formula is C26H34O2. The van der Waals surface area contributed by atoms with E-state index in [2.05, 4.69) is 44.2 Å². The van der Waals surface area contributed by atoms with Gasteiger partial charge in [-0.2, -0.15) is 0 Å². The maximum atomic E-state index is 13.4. The van der Waals surface area contributed by atoms with Crippen molar-refractivity contribution in [3.05, 3.63) is 41.5 Å². The summed E-state index contributed by atoms with van der Waals surface area (Å²) in [5, 5.41) is 10.2. The zero-order valence-corrected chi connectivity index (χ0v) is 17.4. The van der Waals surface area contributed by atoms with Crippen LogP contribution < -0.4 is 0 Å². The van der Waals surface area contributed by atoms with E-state index < -0.39 is 0 Å². The second-order valence-corrected chi connectivity index (χ2v) is 10.7. The molecule has 0 spiro atoms. The molecule has 1 N–H and O–H groups in total. The second-order valence-electron chi connectivity index (χ2n) is 10.7. The molecule has 7 atom stereocenters. The molecule has 4 saturated carbocycles. The predicted octanol–water partition coefficient (Wildman–Crippen LogP) is 5.65. The molecule has 150 valence electrons. The van der Waals surface area contributed by atoms with Crippen molar-refractivity contribution in [2.24, 2.45) is 34.5 Å². The van der Waals surface area contributed by atoms with E-state index in [-0.39, 0.29) is 11.5 Å². The zero-order valence-electron chi connectivity index (χ0n) is 17.4. The van der Waals surface area contributed by atoms with Gasteiger partial charge in [0.1, 0.15) is 0 Å². The molecule has 0 bridgehead atoms. The Morgan fingerprint density at radius 1 is 1.00 bits per heavy atom. The third-order valence-corrected chi connectivity index (χ3v) is 9.42. The van der Waals surface area contributed by atoms with Gasteiger partial charge in [0.2, 0.25) is 0 Å². The van der Waals surface area contributed by atoms with Crippen LogP contribution >= 0.6 is 0 Å². The molecule has 0 saturated heterocycles. The Morgan fingerprint density at radius 3 is 2.57 bits per heavy atom. The van der Waals surface area contributed by atoms with E-state index >= 15 is 0 Å². The average Bonchev–Trinajstić information content (AvgIpc) is 2.94. The summed E-state index contributed by atoms with van der Waals surface area (Å²) in [6.07, 6.45) is 10.9. The molecule has 0 radical (unpaired) electrons. The second kappa shape index (κ2) is 6.55. The molecule has 4 aliphatic rings. The maximum absolute atomic E-state index is 13.4. The van der Waals surface area contributed by atoms with Gasteiger partial charge in [-0.25, -0.2) is 0 Å². The fraction of sp³-hybridized carbons (Fsp3) is 0.654. The largest absolute Gasteiger partial charge is 0.393 e. The van der Waals surface area contributed by atoms with Gasteiger partial charge >= 0.3 is 0 Å². The third-order valence-electron chi connectivity index (χ3n) is 9.42. The molecule has 4 aliphatic carbocycles. The van der Waals surface area contributed by atoms with Crippen LogP contribution in [0.4, 0.5) is 0 Å². The highest BCUT2D eigenvalue weighted by atomic mass is 16.3. The standard InChI is InChI=1S/C26H34O2/c1-25-12-10-20(27)16-19(25)8-9-21-22(25)11-13-26(2)23(21)15-18(24(26)28)14-17-6-4-3-5-7-17/h3-7,14,19-23,27H,8-13,15-16H2,1-2H3/b18-14+/t19-,20+,21-,22+,23+,25-,26-/m0/s1. The Kier molecular flexibility index (Phi) is 4.36. The van der Waals surface area contributed by atoms with E-state index in [1.54, 1.807) is 0 Å². The topological polar surface area (TPSA) is 37.3 Å². The van der Waals surface area contributed by atoms with Crippen molar-refractivity contribution in [3.63, 3.8) is 0 Å².